The Morgan fingerprint density at radius 2 is 1.59 bits per heavy atom. The van der Waals surface area contributed by atoms with Crippen LogP contribution in [0.3, 0.4) is 0 Å². The quantitative estimate of drug-likeness (QED) is 0.320. The molecule has 1 heterocycles. The van der Waals surface area contributed by atoms with Crippen LogP contribution < -0.4 is 10.0 Å². The van der Waals surface area contributed by atoms with E-state index in [1.54, 1.807) is 36.5 Å². The van der Waals surface area contributed by atoms with E-state index in [0.717, 1.165) is 5.56 Å². The summed E-state index contributed by atoms with van der Waals surface area (Å²) in [5.74, 6) is -0.0689. The summed E-state index contributed by atoms with van der Waals surface area (Å²) in [6.07, 6.45) is 1.55. The largest absolute Gasteiger partial charge is 0.332 e. The molecule has 0 spiro atoms. The summed E-state index contributed by atoms with van der Waals surface area (Å²) < 4.78 is 27.5. The fraction of sp³-hybridized carbons (Fsp3) is 0.0435. The van der Waals surface area contributed by atoms with Gasteiger partial charge in [-0.3, -0.25) is 9.52 Å². The second-order valence-electron chi connectivity index (χ2n) is 6.94. The van der Waals surface area contributed by atoms with E-state index in [0.29, 0.717) is 32.0 Å². The maximum atomic E-state index is 12.7. The molecule has 0 fully saturated rings. The van der Waals surface area contributed by atoms with Gasteiger partial charge in [0.05, 0.1) is 16.0 Å². The first-order chi connectivity index (χ1) is 15.3. The topological polar surface area (TPSA) is 88.2 Å². The number of aryl methyl sites for hydroxylation is 1. The van der Waals surface area contributed by atoms with Crippen LogP contribution >= 0.6 is 22.9 Å². The van der Waals surface area contributed by atoms with Crippen molar-refractivity contribution in [3.63, 3.8) is 0 Å². The van der Waals surface area contributed by atoms with E-state index in [9.17, 15) is 13.2 Å². The highest BCUT2D eigenvalue weighted by Gasteiger charge is 2.16. The van der Waals surface area contributed by atoms with Crippen LogP contribution in [0.1, 0.15) is 20.8 Å². The molecular formula is C23H18ClN3O3S2. The van der Waals surface area contributed by atoms with Gasteiger partial charge in [-0.05, 0) is 61.0 Å². The number of hydrogen-bond acceptors (Lipinski definition) is 6. The van der Waals surface area contributed by atoms with Gasteiger partial charge in [-0.1, -0.05) is 47.2 Å². The van der Waals surface area contributed by atoms with Gasteiger partial charge in [0.2, 0.25) is 5.78 Å². The van der Waals surface area contributed by atoms with Gasteiger partial charge in [0.1, 0.15) is 0 Å². The van der Waals surface area contributed by atoms with E-state index in [1.807, 2.05) is 25.1 Å². The van der Waals surface area contributed by atoms with E-state index in [4.69, 9.17) is 11.6 Å². The minimum absolute atomic E-state index is 0.0689. The van der Waals surface area contributed by atoms with Crippen molar-refractivity contribution >= 4 is 55.3 Å². The summed E-state index contributed by atoms with van der Waals surface area (Å²) in [5.41, 5.74) is 2.70. The second-order valence-corrected chi connectivity index (χ2v) is 10.1. The Morgan fingerprint density at radius 3 is 2.28 bits per heavy atom. The highest BCUT2D eigenvalue weighted by molar-refractivity contribution is 7.92. The lowest BCUT2D eigenvalue weighted by Gasteiger charge is -2.09. The predicted octanol–water partition coefficient (Wildman–Crippen LogP) is 5.88. The number of carbonyl (C=O) groups is 1. The van der Waals surface area contributed by atoms with Crippen LogP contribution in [0.2, 0.25) is 5.02 Å². The smallest absolute Gasteiger partial charge is 0.261 e. The van der Waals surface area contributed by atoms with Crippen molar-refractivity contribution in [3.05, 3.63) is 100 Å². The van der Waals surface area contributed by atoms with Crippen molar-refractivity contribution in [3.8, 4) is 0 Å². The molecule has 0 saturated carbocycles. The lowest BCUT2D eigenvalue weighted by molar-refractivity contribution is 0.104. The molecule has 6 nitrogen and oxygen atoms in total. The molecular weight excluding hydrogens is 466 g/mol. The SMILES string of the molecule is Cc1ccccc1C(=O)c1cnc(Nc2ccc(NS(=O)(=O)c3ccc(Cl)cc3)cc2)s1. The molecule has 2 N–H and O–H groups in total. The lowest BCUT2D eigenvalue weighted by atomic mass is 10.0. The number of anilines is 3. The number of sulfonamides is 1. The number of carbonyl (C=O) groups excluding carboxylic acids is 1. The maximum absolute atomic E-state index is 12.7. The summed E-state index contributed by atoms with van der Waals surface area (Å²) >= 11 is 7.08. The Hall–Kier alpha value is -3.20. The minimum Gasteiger partial charge on any atom is -0.332 e. The molecule has 9 heteroatoms. The van der Waals surface area contributed by atoms with Gasteiger partial charge in [0.25, 0.3) is 10.0 Å². The molecule has 4 aromatic rings. The van der Waals surface area contributed by atoms with Crippen molar-refractivity contribution in [2.75, 3.05) is 10.0 Å². The molecule has 162 valence electrons. The van der Waals surface area contributed by atoms with Crippen LogP contribution in [0.4, 0.5) is 16.5 Å². The third-order valence-electron chi connectivity index (χ3n) is 4.63. The summed E-state index contributed by atoms with van der Waals surface area (Å²) in [4.78, 5) is 17.7. The highest BCUT2D eigenvalue weighted by atomic mass is 35.5. The van der Waals surface area contributed by atoms with Crippen LogP contribution in [0.25, 0.3) is 0 Å². The van der Waals surface area contributed by atoms with Gasteiger partial charge in [0, 0.05) is 22.0 Å². The zero-order valence-corrected chi connectivity index (χ0v) is 19.3. The molecule has 3 aromatic carbocycles. The fourth-order valence-electron chi connectivity index (χ4n) is 2.97. The van der Waals surface area contributed by atoms with Crippen LogP contribution in [-0.4, -0.2) is 19.2 Å². The monoisotopic (exact) mass is 483 g/mol. The number of benzene rings is 3. The first kappa shape index (κ1) is 22.0. The van der Waals surface area contributed by atoms with Crippen molar-refractivity contribution in [2.45, 2.75) is 11.8 Å². The van der Waals surface area contributed by atoms with Crippen LogP contribution in [0.5, 0.6) is 0 Å². The molecule has 0 aliphatic heterocycles. The van der Waals surface area contributed by atoms with E-state index in [-0.39, 0.29) is 10.7 Å². The van der Waals surface area contributed by atoms with Crippen LogP contribution in [0, 0.1) is 6.92 Å². The Balaban J connectivity index is 1.44. The van der Waals surface area contributed by atoms with Crippen molar-refractivity contribution in [2.24, 2.45) is 0 Å². The summed E-state index contributed by atoms with van der Waals surface area (Å²) in [6.45, 7) is 1.90. The summed E-state index contributed by atoms with van der Waals surface area (Å²) in [7, 11) is -3.71. The van der Waals surface area contributed by atoms with Gasteiger partial charge < -0.3 is 5.32 Å². The first-order valence-corrected chi connectivity index (χ1v) is 12.2. The summed E-state index contributed by atoms with van der Waals surface area (Å²) in [6, 6.07) is 20.1. The Morgan fingerprint density at radius 1 is 0.938 bits per heavy atom. The van der Waals surface area contributed by atoms with Crippen LogP contribution in [-0.2, 0) is 10.0 Å². The van der Waals surface area contributed by atoms with Gasteiger partial charge in [-0.25, -0.2) is 13.4 Å². The fourth-order valence-corrected chi connectivity index (χ4v) is 4.95. The van der Waals surface area contributed by atoms with Crippen molar-refractivity contribution in [1.82, 2.24) is 4.98 Å². The maximum Gasteiger partial charge on any atom is 0.261 e. The molecule has 4 rings (SSSR count). The average Bonchev–Trinajstić information content (AvgIpc) is 3.24. The number of thiazole rings is 1. The number of hydrogen-bond donors (Lipinski definition) is 2. The van der Waals surface area contributed by atoms with Crippen LogP contribution in [0.15, 0.2) is 83.9 Å². The molecule has 1 aromatic heterocycles. The van der Waals surface area contributed by atoms with Crippen molar-refractivity contribution < 1.29 is 13.2 Å². The Labute approximate surface area is 195 Å². The molecule has 0 bridgehead atoms. The molecule has 0 aliphatic rings. The molecule has 0 aliphatic carbocycles. The third kappa shape index (κ3) is 4.99. The standard InChI is InChI=1S/C23H18ClN3O3S2/c1-15-4-2-3-5-20(15)22(28)21-14-25-23(31-21)26-17-8-10-18(11-9-17)27-32(29,30)19-12-6-16(24)7-13-19/h2-14,27H,1H3,(H,25,26). The predicted molar refractivity (Wildman–Crippen MR) is 129 cm³/mol. The number of ketones is 1. The molecule has 0 saturated heterocycles. The normalized spacial score (nSPS) is 11.2. The van der Waals surface area contributed by atoms with Gasteiger partial charge >= 0.3 is 0 Å². The Bertz CT molecular complexity index is 1370. The number of aromatic nitrogens is 1. The average molecular weight is 484 g/mol. The van der Waals surface area contributed by atoms with Crippen molar-refractivity contribution in [1.29, 1.82) is 0 Å². The Kier molecular flexibility index (Phi) is 6.27. The third-order valence-corrected chi connectivity index (χ3v) is 7.19. The highest BCUT2D eigenvalue weighted by Crippen LogP contribution is 2.26. The lowest BCUT2D eigenvalue weighted by Crippen LogP contribution is -2.12. The first-order valence-electron chi connectivity index (χ1n) is 9.53. The molecule has 0 unspecified atom stereocenters. The number of halogens is 1. The molecule has 0 atom stereocenters. The zero-order valence-electron chi connectivity index (χ0n) is 16.9. The van der Waals surface area contributed by atoms with Gasteiger partial charge in [-0.2, -0.15) is 0 Å². The zero-order chi connectivity index (χ0) is 22.7. The molecule has 32 heavy (non-hydrogen) atoms. The van der Waals surface area contributed by atoms with E-state index in [2.05, 4.69) is 15.0 Å². The van der Waals surface area contributed by atoms with E-state index >= 15 is 0 Å². The summed E-state index contributed by atoms with van der Waals surface area (Å²) in [5, 5.41) is 4.17. The number of rotatable bonds is 7. The van der Waals surface area contributed by atoms with Gasteiger partial charge in [0.15, 0.2) is 5.13 Å². The minimum atomic E-state index is -3.71. The second kappa shape index (κ2) is 9.12. The molecule has 0 radical (unpaired) electrons. The van der Waals surface area contributed by atoms with E-state index in [1.165, 1.54) is 35.6 Å². The molecule has 0 amide bonds. The van der Waals surface area contributed by atoms with E-state index < -0.39 is 10.0 Å². The van der Waals surface area contributed by atoms with Gasteiger partial charge in [-0.15, -0.1) is 0 Å². The number of nitrogens with one attached hydrogen (secondary N) is 2. The number of nitrogens with zero attached hydrogens (tertiary/aromatic N) is 1.